The minimum Gasteiger partial charge on any atom is -0.452 e. The van der Waals surface area contributed by atoms with Gasteiger partial charge in [0.05, 0.1) is 11.8 Å². The quantitative estimate of drug-likeness (QED) is 0.319. The molecule has 162 valence electrons. The van der Waals surface area contributed by atoms with Crippen LogP contribution in [0.1, 0.15) is 10.4 Å². The number of anilines is 1. The Bertz CT molecular complexity index is 1280. The summed E-state index contributed by atoms with van der Waals surface area (Å²) in [6.45, 7) is -0.651. The number of para-hydroxylation sites is 2. The normalized spacial score (nSPS) is 10.3. The fourth-order valence-electron chi connectivity index (χ4n) is 3.33. The van der Waals surface area contributed by atoms with E-state index in [9.17, 15) is 9.59 Å². The maximum absolute atomic E-state index is 13.0. The number of nitriles is 1. The molecule has 0 atom stereocenters. The van der Waals surface area contributed by atoms with Crippen molar-refractivity contribution in [2.75, 3.05) is 18.1 Å². The van der Waals surface area contributed by atoms with E-state index in [-0.39, 0.29) is 12.1 Å². The third-order valence-corrected chi connectivity index (χ3v) is 4.93. The SMILES string of the molecule is N#CCN(C(=O)COC(=O)c1cn(-c2ccccc2)nc1-c1ccccc1)c1ccccc1. The molecule has 0 saturated heterocycles. The summed E-state index contributed by atoms with van der Waals surface area (Å²) >= 11 is 0. The lowest BCUT2D eigenvalue weighted by Crippen LogP contribution is -2.35. The van der Waals surface area contributed by atoms with Gasteiger partial charge in [0.2, 0.25) is 0 Å². The van der Waals surface area contributed by atoms with Gasteiger partial charge in [0, 0.05) is 17.4 Å². The Morgan fingerprint density at radius 2 is 1.52 bits per heavy atom. The zero-order chi connectivity index (χ0) is 23.0. The Balaban J connectivity index is 1.58. The summed E-state index contributed by atoms with van der Waals surface area (Å²) in [5, 5.41) is 13.7. The zero-order valence-corrected chi connectivity index (χ0v) is 17.7. The summed E-state index contributed by atoms with van der Waals surface area (Å²) in [6, 6.07) is 29.4. The second-order valence-corrected chi connectivity index (χ2v) is 7.09. The number of rotatable bonds is 7. The van der Waals surface area contributed by atoms with Crippen LogP contribution in [0.5, 0.6) is 0 Å². The number of aromatic nitrogens is 2. The zero-order valence-electron chi connectivity index (χ0n) is 17.7. The van der Waals surface area contributed by atoms with E-state index >= 15 is 0 Å². The van der Waals surface area contributed by atoms with E-state index in [0.717, 1.165) is 11.3 Å². The summed E-state index contributed by atoms with van der Waals surface area (Å²) in [5.41, 5.74) is 2.79. The highest BCUT2D eigenvalue weighted by molar-refractivity contribution is 5.99. The lowest BCUT2D eigenvalue weighted by atomic mass is 10.1. The van der Waals surface area contributed by atoms with Gasteiger partial charge in [0.1, 0.15) is 17.8 Å². The topological polar surface area (TPSA) is 88.2 Å². The van der Waals surface area contributed by atoms with Crippen molar-refractivity contribution in [1.82, 2.24) is 9.78 Å². The maximum Gasteiger partial charge on any atom is 0.342 e. The van der Waals surface area contributed by atoms with Crippen LogP contribution in [0, 0.1) is 11.3 Å². The van der Waals surface area contributed by atoms with Crippen molar-refractivity contribution in [3.05, 3.63) is 103 Å². The van der Waals surface area contributed by atoms with Gasteiger partial charge in [0.15, 0.2) is 6.61 Å². The average molecular weight is 436 g/mol. The van der Waals surface area contributed by atoms with Gasteiger partial charge >= 0.3 is 5.97 Å². The van der Waals surface area contributed by atoms with Gasteiger partial charge in [-0.15, -0.1) is 0 Å². The van der Waals surface area contributed by atoms with Crippen LogP contribution in [-0.2, 0) is 9.53 Å². The summed E-state index contributed by atoms with van der Waals surface area (Å²) in [5.74, 6) is -1.16. The van der Waals surface area contributed by atoms with Gasteiger partial charge in [0.25, 0.3) is 5.91 Å². The molecule has 0 aliphatic carbocycles. The standard InChI is InChI=1S/C26H20N4O3/c27-16-17-29(21-12-6-2-7-13-21)24(31)19-33-26(32)23-18-30(22-14-8-3-9-15-22)28-25(23)20-10-4-1-5-11-20/h1-15,18H,17,19H2. The maximum atomic E-state index is 13.0. The van der Waals surface area contributed by atoms with Crippen molar-refractivity contribution in [3.8, 4) is 23.0 Å². The minimum atomic E-state index is -0.672. The van der Waals surface area contributed by atoms with Crippen LogP contribution in [0.3, 0.4) is 0 Å². The van der Waals surface area contributed by atoms with Crippen LogP contribution in [0.4, 0.5) is 5.69 Å². The summed E-state index contributed by atoms with van der Waals surface area (Å²) in [4.78, 5) is 27.0. The molecule has 3 aromatic carbocycles. The van der Waals surface area contributed by atoms with Crippen LogP contribution in [0.2, 0.25) is 0 Å². The van der Waals surface area contributed by atoms with Gasteiger partial charge < -0.3 is 4.74 Å². The molecule has 0 spiro atoms. The molecule has 1 aromatic heterocycles. The monoisotopic (exact) mass is 436 g/mol. The van der Waals surface area contributed by atoms with Crippen LogP contribution >= 0.6 is 0 Å². The fourth-order valence-corrected chi connectivity index (χ4v) is 3.33. The fraction of sp³-hybridized carbons (Fsp3) is 0.0769. The summed E-state index contributed by atoms with van der Waals surface area (Å²) < 4.78 is 6.96. The first-order valence-electron chi connectivity index (χ1n) is 10.3. The van der Waals surface area contributed by atoms with E-state index in [1.54, 1.807) is 35.1 Å². The third kappa shape index (κ3) is 4.97. The van der Waals surface area contributed by atoms with E-state index in [0.29, 0.717) is 11.4 Å². The van der Waals surface area contributed by atoms with E-state index in [1.165, 1.54) is 4.90 Å². The van der Waals surface area contributed by atoms with Crippen molar-refractivity contribution < 1.29 is 14.3 Å². The Morgan fingerprint density at radius 3 is 2.15 bits per heavy atom. The number of carbonyl (C=O) groups excluding carboxylic acids is 2. The van der Waals surface area contributed by atoms with Crippen molar-refractivity contribution in [3.63, 3.8) is 0 Å². The molecule has 4 rings (SSSR count). The molecule has 33 heavy (non-hydrogen) atoms. The molecule has 0 saturated carbocycles. The van der Waals surface area contributed by atoms with E-state index in [4.69, 9.17) is 10.00 Å². The lowest BCUT2D eigenvalue weighted by molar-refractivity contribution is -0.121. The summed E-state index contributed by atoms with van der Waals surface area (Å²) in [7, 11) is 0. The first kappa shape index (κ1) is 21.5. The smallest absolute Gasteiger partial charge is 0.342 e. The predicted molar refractivity (Wildman–Crippen MR) is 124 cm³/mol. The van der Waals surface area contributed by atoms with E-state index in [1.807, 2.05) is 72.8 Å². The first-order valence-corrected chi connectivity index (χ1v) is 10.3. The van der Waals surface area contributed by atoms with Crippen molar-refractivity contribution >= 4 is 17.6 Å². The Hall–Kier alpha value is -4.70. The second-order valence-electron chi connectivity index (χ2n) is 7.09. The predicted octanol–water partition coefficient (Wildman–Crippen LogP) is 4.25. The van der Waals surface area contributed by atoms with Crippen LogP contribution in [-0.4, -0.2) is 34.8 Å². The van der Waals surface area contributed by atoms with Crippen LogP contribution in [0.15, 0.2) is 97.2 Å². The minimum absolute atomic E-state index is 0.151. The van der Waals surface area contributed by atoms with E-state index < -0.39 is 18.5 Å². The second kappa shape index (κ2) is 10.1. The van der Waals surface area contributed by atoms with E-state index in [2.05, 4.69) is 5.10 Å². The molecule has 0 aliphatic rings. The molecule has 0 radical (unpaired) electrons. The number of carbonyl (C=O) groups is 2. The Labute approximate surface area is 191 Å². The number of amides is 1. The lowest BCUT2D eigenvalue weighted by Gasteiger charge is -2.19. The van der Waals surface area contributed by atoms with Crippen molar-refractivity contribution in [1.29, 1.82) is 5.26 Å². The molecule has 1 heterocycles. The van der Waals surface area contributed by atoms with Gasteiger partial charge in [-0.05, 0) is 24.3 Å². The number of hydrogen-bond acceptors (Lipinski definition) is 5. The molecular weight excluding hydrogens is 416 g/mol. The molecular formula is C26H20N4O3. The van der Waals surface area contributed by atoms with Gasteiger partial charge in [-0.2, -0.15) is 10.4 Å². The number of benzene rings is 3. The first-order chi connectivity index (χ1) is 16.2. The van der Waals surface area contributed by atoms with Gasteiger partial charge in [-0.25, -0.2) is 9.48 Å². The van der Waals surface area contributed by atoms with Crippen molar-refractivity contribution in [2.24, 2.45) is 0 Å². The van der Waals surface area contributed by atoms with Crippen LogP contribution < -0.4 is 4.90 Å². The number of esters is 1. The van der Waals surface area contributed by atoms with Gasteiger partial charge in [-0.1, -0.05) is 66.7 Å². The molecule has 0 fully saturated rings. The highest BCUT2D eigenvalue weighted by atomic mass is 16.5. The molecule has 0 unspecified atom stereocenters. The van der Waals surface area contributed by atoms with Crippen molar-refractivity contribution in [2.45, 2.75) is 0 Å². The summed E-state index contributed by atoms with van der Waals surface area (Å²) in [6.07, 6.45) is 1.59. The van der Waals surface area contributed by atoms with Gasteiger partial charge in [-0.3, -0.25) is 9.69 Å². The Morgan fingerprint density at radius 1 is 0.909 bits per heavy atom. The Kier molecular flexibility index (Phi) is 6.57. The molecule has 4 aromatic rings. The largest absolute Gasteiger partial charge is 0.452 e. The molecule has 7 heteroatoms. The molecule has 0 aliphatic heterocycles. The number of nitrogens with zero attached hydrogens (tertiary/aromatic N) is 4. The molecule has 0 N–H and O–H groups in total. The molecule has 1 amide bonds. The number of ether oxygens (including phenoxy) is 1. The third-order valence-electron chi connectivity index (χ3n) is 4.93. The highest BCUT2D eigenvalue weighted by Crippen LogP contribution is 2.24. The molecule has 7 nitrogen and oxygen atoms in total. The average Bonchev–Trinajstić information content (AvgIpc) is 3.33. The molecule has 0 bridgehead atoms. The number of hydrogen-bond donors (Lipinski definition) is 0. The highest BCUT2D eigenvalue weighted by Gasteiger charge is 2.22. The van der Waals surface area contributed by atoms with Crippen LogP contribution in [0.25, 0.3) is 16.9 Å².